The average molecular weight is 858 g/mol. The van der Waals surface area contributed by atoms with Crippen molar-refractivity contribution >= 4 is 5.78 Å². The first-order valence-corrected chi connectivity index (χ1v) is 24.6. The third-order valence-corrected chi connectivity index (χ3v) is 19.8. The first kappa shape index (κ1) is 43.5. The number of ketones is 1. The highest BCUT2D eigenvalue weighted by Gasteiger charge is 2.80. The van der Waals surface area contributed by atoms with Gasteiger partial charge in [-0.15, -0.1) is 0 Å². The molecular weight excluding hydrogens is 783 g/mol. The number of nitrogens with two attached hydrogens (primary N) is 1. The number of aliphatic hydroxyl groups excluding tert-OH is 3. The van der Waals surface area contributed by atoms with Crippen LogP contribution in [0.2, 0.25) is 0 Å². The molecule has 2 bridgehead atoms. The molecule has 2 heterocycles. The van der Waals surface area contributed by atoms with Crippen LogP contribution in [0.3, 0.4) is 0 Å². The molecule has 6 fully saturated rings. The maximum atomic E-state index is 15.5. The van der Waals surface area contributed by atoms with Gasteiger partial charge in [0.1, 0.15) is 5.60 Å². The second-order valence-electron chi connectivity index (χ2n) is 22.8. The zero-order chi connectivity index (χ0) is 43.8. The molecule has 9 aliphatic carbocycles. The summed E-state index contributed by atoms with van der Waals surface area (Å²) in [4.78, 5) is 15.5. The molecule has 11 rings (SSSR count). The van der Waals surface area contributed by atoms with Crippen LogP contribution in [0.25, 0.3) is 0 Å². The average Bonchev–Trinajstić information content (AvgIpc) is 3.40. The minimum atomic E-state index is -1.66. The molecule has 11 nitrogen and oxygen atoms in total. The first-order chi connectivity index (χ1) is 29.4. The molecule has 0 aromatic rings. The Labute approximate surface area is 368 Å². The molecule has 0 radical (unpaired) electrons. The lowest BCUT2D eigenvalue weighted by atomic mass is 9.33. The maximum absolute atomic E-state index is 15.5. The molecule has 2 aliphatic heterocycles. The number of nitrogens with one attached hydrogen (secondary N) is 2. The number of Topliss-reactive ketones (excluding diaryl/α,β-unsaturated/α-hetero) is 1. The van der Waals surface area contributed by atoms with E-state index in [1.165, 1.54) is 19.3 Å². The van der Waals surface area contributed by atoms with Crippen LogP contribution in [-0.2, 0) is 9.53 Å². The number of carbonyl (C=O) groups is 1. The summed E-state index contributed by atoms with van der Waals surface area (Å²) in [6.07, 6.45) is 23.0. The van der Waals surface area contributed by atoms with E-state index in [2.05, 4.69) is 48.8 Å². The summed E-state index contributed by atoms with van der Waals surface area (Å²) in [5.41, 5.74) is -0.309. The van der Waals surface area contributed by atoms with Crippen LogP contribution < -0.4 is 16.4 Å². The SMILES string of the molecule is CCCC1CCC2OC3C(CCCCC3(O)C(C)(O)C3CCC4(O)C5=C(NCC(C)O)C(=O)C6CC(O)C(O)CC67CC6(C8=CNC(N)C=C8)C=CC(CC34C)C57C=C6)C2CC1. The summed E-state index contributed by atoms with van der Waals surface area (Å²) in [6, 6.07) is 0. The van der Waals surface area contributed by atoms with Gasteiger partial charge in [0.05, 0.1) is 53.6 Å². The van der Waals surface area contributed by atoms with Crippen molar-refractivity contribution in [1.82, 2.24) is 10.6 Å². The van der Waals surface area contributed by atoms with Crippen molar-refractivity contribution in [2.45, 2.75) is 184 Å². The number of carbonyl (C=O) groups excluding carboxylic acids is 1. The lowest BCUT2D eigenvalue weighted by molar-refractivity contribution is -0.256. The smallest absolute Gasteiger partial charge is 0.182 e. The normalized spacial score (nSPS) is 51.6. The Morgan fingerprint density at radius 2 is 1.79 bits per heavy atom. The van der Waals surface area contributed by atoms with E-state index in [0.29, 0.717) is 48.8 Å². The number of hydrogen-bond donors (Lipinski definition) is 9. The maximum Gasteiger partial charge on any atom is 0.182 e. The minimum absolute atomic E-state index is 0.0676. The van der Waals surface area contributed by atoms with Crippen molar-refractivity contribution in [2.75, 3.05) is 6.54 Å². The third kappa shape index (κ3) is 5.73. The second-order valence-corrected chi connectivity index (χ2v) is 22.8. The molecule has 19 atom stereocenters. The van der Waals surface area contributed by atoms with Gasteiger partial charge in [-0.05, 0) is 137 Å². The predicted octanol–water partition coefficient (Wildman–Crippen LogP) is 4.96. The molecule has 11 heteroatoms. The fourth-order valence-corrected chi connectivity index (χ4v) is 17.0. The number of dihydropyridines is 1. The van der Waals surface area contributed by atoms with E-state index < -0.39 is 74.7 Å². The molecule has 2 spiro atoms. The van der Waals surface area contributed by atoms with Crippen molar-refractivity contribution in [2.24, 2.45) is 62.9 Å². The van der Waals surface area contributed by atoms with Crippen molar-refractivity contribution in [1.29, 1.82) is 0 Å². The molecule has 0 aromatic heterocycles. The van der Waals surface area contributed by atoms with Gasteiger partial charge < -0.3 is 51.7 Å². The quantitative estimate of drug-likeness (QED) is 0.150. The lowest BCUT2D eigenvalue weighted by Gasteiger charge is -2.71. The Balaban J connectivity index is 1.12. The van der Waals surface area contributed by atoms with Crippen molar-refractivity contribution in [3.05, 3.63) is 59.5 Å². The molecule has 342 valence electrons. The van der Waals surface area contributed by atoms with Crippen LogP contribution in [0.1, 0.15) is 130 Å². The Bertz CT molecular complexity index is 1980. The van der Waals surface area contributed by atoms with E-state index in [1.807, 2.05) is 25.3 Å². The largest absolute Gasteiger partial charge is 0.392 e. The summed E-state index contributed by atoms with van der Waals surface area (Å²) < 4.78 is 7.11. The standard InChI is InChI=1S/C51H75N3O8/c1-5-8-30-10-13-33-34-9-6-7-18-51(61,44(34)62-38(33)14-11-30)46(4,59)39-17-20-50(60)43-41(54-26-29(2)55)42(58)35-23-36(56)37(57)25-48(35)28-47(32-12-15-40(52)53-27-32)19-16-31(24-45(39,50)3)49(43,48)22-21-47/h12,15-16,19,21-22,27,29-31,33-40,44,53-57,59-61H,5-11,13-14,17-18,20,23-26,28,52H2,1-4H3. The van der Waals surface area contributed by atoms with Gasteiger partial charge >= 0.3 is 0 Å². The molecule has 1 saturated heterocycles. The second kappa shape index (κ2) is 14.8. The molecular formula is C51H75N3O8. The molecule has 0 amide bonds. The predicted molar refractivity (Wildman–Crippen MR) is 235 cm³/mol. The molecule has 11 aliphatic rings. The van der Waals surface area contributed by atoms with Crippen molar-refractivity contribution < 1.29 is 40.2 Å². The zero-order valence-electron chi connectivity index (χ0n) is 37.6. The molecule has 19 unspecified atom stereocenters. The Kier molecular flexibility index (Phi) is 10.4. The summed E-state index contributed by atoms with van der Waals surface area (Å²) in [5, 5.41) is 81.7. The highest BCUT2D eigenvalue weighted by atomic mass is 16.5. The van der Waals surface area contributed by atoms with E-state index in [1.54, 1.807) is 6.92 Å². The van der Waals surface area contributed by atoms with Gasteiger partial charge in [0, 0.05) is 34.9 Å². The van der Waals surface area contributed by atoms with Gasteiger partial charge in [-0.1, -0.05) is 76.3 Å². The monoisotopic (exact) mass is 858 g/mol. The third-order valence-electron chi connectivity index (χ3n) is 19.8. The number of aliphatic hydroxyl groups is 6. The van der Waals surface area contributed by atoms with E-state index in [9.17, 15) is 30.6 Å². The van der Waals surface area contributed by atoms with Crippen LogP contribution >= 0.6 is 0 Å². The number of ether oxygens (including phenoxy) is 1. The Morgan fingerprint density at radius 1 is 1.00 bits per heavy atom. The van der Waals surface area contributed by atoms with Crippen molar-refractivity contribution in [3.8, 4) is 0 Å². The van der Waals surface area contributed by atoms with Gasteiger partial charge in [-0.2, -0.15) is 0 Å². The molecule has 10 N–H and O–H groups in total. The van der Waals surface area contributed by atoms with Crippen LogP contribution in [-0.4, -0.2) is 96.5 Å². The molecule has 0 aromatic carbocycles. The number of hydrogen-bond acceptors (Lipinski definition) is 11. The van der Waals surface area contributed by atoms with Gasteiger partial charge in [-0.25, -0.2) is 0 Å². The number of rotatable bonds is 8. The highest BCUT2D eigenvalue weighted by Crippen LogP contribution is 2.80. The van der Waals surface area contributed by atoms with Crippen molar-refractivity contribution in [3.63, 3.8) is 0 Å². The molecule has 62 heavy (non-hydrogen) atoms. The van der Waals surface area contributed by atoms with Crippen LogP contribution in [0.15, 0.2) is 59.5 Å². The number of fused-ring (bicyclic) bond motifs is 5. The van der Waals surface area contributed by atoms with E-state index >= 15 is 4.79 Å². The zero-order valence-corrected chi connectivity index (χ0v) is 37.6. The topological polar surface area (TPSA) is 198 Å². The summed E-state index contributed by atoms with van der Waals surface area (Å²) in [5.74, 6) is -0.531. The molecule has 5 saturated carbocycles. The lowest BCUT2D eigenvalue weighted by Crippen LogP contribution is -2.73. The Morgan fingerprint density at radius 3 is 2.53 bits per heavy atom. The number of allylic oxidation sites excluding steroid dienone is 7. The van der Waals surface area contributed by atoms with Gasteiger partial charge in [-0.3, -0.25) is 4.79 Å². The van der Waals surface area contributed by atoms with Gasteiger partial charge in [0.25, 0.3) is 0 Å². The summed E-state index contributed by atoms with van der Waals surface area (Å²) >= 11 is 0. The van der Waals surface area contributed by atoms with E-state index in [0.717, 1.165) is 44.1 Å². The van der Waals surface area contributed by atoms with Crippen LogP contribution in [0.4, 0.5) is 0 Å². The van der Waals surface area contributed by atoms with E-state index in [4.69, 9.17) is 10.5 Å². The summed E-state index contributed by atoms with van der Waals surface area (Å²) in [7, 11) is 0. The highest BCUT2D eigenvalue weighted by molar-refractivity contribution is 6.01. The van der Waals surface area contributed by atoms with Crippen LogP contribution in [0, 0.1) is 57.2 Å². The minimum Gasteiger partial charge on any atom is -0.392 e. The van der Waals surface area contributed by atoms with E-state index in [-0.39, 0.29) is 55.7 Å². The Hall–Kier alpha value is -2.35. The fourth-order valence-electron chi connectivity index (χ4n) is 17.0. The first-order valence-electron chi connectivity index (χ1n) is 24.6. The van der Waals surface area contributed by atoms with Crippen LogP contribution in [0.5, 0.6) is 0 Å². The summed E-state index contributed by atoms with van der Waals surface area (Å²) in [6.45, 7) is 7.92. The van der Waals surface area contributed by atoms with Gasteiger partial charge in [0.15, 0.2) is 5.78 Å². The fraction of sp³-hybridized carbons (Fsp3) is 0.784. The van der Waals surface area contributed by atoms with Gasteiger partial charge in [0.2, 0.25) is 0 Å².